The number of carbonyl (C=O) groups excluding carboxylic acids is 1. The SMILES string of the molecule is O=C(NCCc1cnn(-c2ccccc2)c1)C1CCCC1. The molecule has 2 aromatic rings. The summed E-state index contributed by atoms with van der Waals surface area (Å²) in [6, 6.07) is 10.0. The fourth-order valence-corrected chi connectivity index (χ4v) is 2.87. The molecule has 1 aliphatic rings. The summed E-state index contributed by atoms with van der Waals surface area (Å²) in [6.45, 7) is 0.690. The van der Waals surface area contributed by atoms with Crippen LogP contribution in [0.4, 0.5) is 0 Å². The van der Waals surface area contributed by atoms with Gasteiger partial charge >= 0.3 is 0 Å². The minimum absolute atomic E-state index is 0.225. The van der Waals surface area contributed by atoms with E-state index in [1.165, 1.54) is 12.8 Å². The molecule has 0 spiro atoms. The Hall–Kier alpha value is -2.10. The van der Waals surface area contributed by atoms with Crippen molar-refractivity contribution in [1.29, 1.82) is 0 Å². The van der Waals surface area contributed by atoms with Gasteiger partial charge in [-0.15, -0.1) is 0 Å². The van der Waals surface area contributed by atoms with Crippen molar-refractivity contribution in [1.82, 2.24) is 15.1 Å². The van der Waals surface area contributed by atoms with Crippen LogP contribution in [0.2, 0.25) is 0 Å². The summed E-state index contributed by atoms with van der Waals surface area (Å²) >= 11 is 0. The van der Waals surface area contributed by atoms with Crippen molar-refractivity contribution in [3.63, 3.8) is 0 Å². The number of benzene rings is 1. The lowest BCUT2D eigenvalue weighted by Gasteiger charge is -2.09. The van der Waals surface area contributed by atoms with Gasteiger partial charge in [0.15, 0.2) is 0 Å². The van der Waals surface area contributed by atoms with Crippen LogP contribution in [0.3, 0.4) is 0 Å². The van der Waals surface area contributed by atoms with Crippen LogP contribution in [0.25, 0.3) is 5.69 Å². The summed E-state index contributed by atoms with van der Waals surface area (Å²) in [5.41, 5.74) is 2.20. The van der Waals surface area contributed by atoms with E-state index in [-0.39, 0.29) is 11.8 Å². The lowest BCUT2D eigenvalue weighted by atomic mass is 10.1. The van der Waals surface area contributed by atoms with E-state index >= 15 is 0 Å². The van der Waals surface area contributed by atoms with Crippen molar-refractivity contribution >= 4 is 5.91 Å². The molecular formula is C17H21N3O. The molecule has 1 fully saturated rings. The van der Waals surface area contributed by atoms with Gasteiger partial charge in [-0.25, -0.2) is 4.68 Å². The molecule has 0 aliphatic heterocycles. The molecule has 21 heavy (non-hydrogen) atoms. The van der Waals surface area contributed by atoms with Gasteiger partial charge in [-0.1, -0.05) is 31.0 Å². The zero-order valence-electron chi connectivity index (χ0n) is 12.2. The molecule has 4 nitrogen and oxygen atoms in total. The summed E-state index contributed by atoms with van der Waals surface area (Å²) in [4.78, 5) is 11.9. The average molecular weight is 283 g/mol. The maximum Gasteiger partial charge on any atom is 0.223 e. The fraction of sp³-hybridized carbons (Fsp3) is 0.412. The van der Waals surface area contributed by atoms with Gasteiger partial charge in [0.05, 0.1) is 11.9 Å². The number of nitrogens with zero attached hydrogens (tertiary/aromatic N) is 2. The normalized spacial score (nSPS) is 15.2. The maximum absolute atomic E-state index is 11.9. The topological polar surface area (TPSA) is 46.9 Å². The molecule has 0 radical (unpaired) electrons. The Balaban J connectivity index is 1.50. The van der Waals surface area contributed by atoms with Crippen LogP contribution in [-0.4, -0.2) is 22.2 Å². The number of nitrogens with one attached hydrogen (secondary N) is 1. The first-order valence-corrected chi connectivity index (χ1v) is 7.69. The Kier molecular flexibility index (Phi) is 4.34. The monoisotopic (exact) mass is 283 g/mol. The summed E-state index contributed by atoms with van der Waals surface area (Å²) in [5, 5.41) is 7.41. The number of carbonyl (C=O) groups is 1. The van der Waals surface area contributed by atoms with E-state index in [4.69, 9.17) is 0 Å². The minimum Gasteiger partial charge on any atom is -0.356 e. The van der Waals surface area contributed by atoms with Gasteiger partial charge in [-0.2, -0.15) is 5.10 Å². The summed E-state index contributed by atoms with van der Waals surface area (Å²) in [6.07, 6.45) is 9.22. The van der Waals surface area contributed by atoms with Crippen molar-refractivity contribution < 1.29 is 4.79 Å². The standard InChI is InChI=1S/C17H21N3O/c21-17(15-6-4-5-7-15)18-11-10-14-12-19-20(13-14)16-8-2-1-3-9-16/h1-3,8-9,12-13,15H,4-7,10-11H2,(H,18,21). The predicted octanol–water partition coefficient (Wildman–Crippen LogP) is 2.72. The molecule has 0 saturated heterocycles. The third-order valence-electron chi connectivity index (χ3n) is 4.10. The second kappa shape index (κ2) is 6.57. The van der Waals surface area contributed by atoms with Crippen LogP contribution in [0.5, 0.6) is 0 Å². The Morgan fingerprint density at radius 3 is 2.76 bits per heavy atom. The number of hydrogen-bond donors (Lipinski definition) is 1. The molecule has 1 heterocycles. The van der Waals surface area contributed by atoms with Gasteiger partial charge in [0.2, 0.25) is 5.91 Å². The second-order valence-electron chi connectivity index (χ2n) is 5.65. The fourth-order valence-electron chi connectivity index (χ4n) is 2.87. The number of aromatic nitrogens is 2. The molecule has 1 amide bonds. The van der Waals surface area contributed by atoms with Crippen LogP contribution in [-0.2, 0) is 11.2 Å². The first kappa shape index (κ1) is 13.9. The van der Waals surface area contributed by atoms with Gasteiger partial charge in [0, 0.05) is 18.7 Å². The van der Waals surface area contributed by atoms with Gasteiger partial charge in [-0.3, -0.25) is 4.79 Å². The highest BCUT2D eigenvalue weighted by molar-refractivity contribution is 5.78. The molecule has 1 aromatic carbocycles. The zero-order valence-corrected chi connectivity index (χ0v) is 12.2. The molecular weight excluding hydrogens is 262 g/mol. The number of rotatable bonds is 5. The number of hydrogen-bond acceptors (Lipinski definition) is 2. The van der Waals surface area contributed by atoms with Crippen molar-refractivity contribution in [2.24, 2.45) is 5.92 Å². The minimum atomic E-state index is 0.225. The maximum atomic E-state index is 11.9. The molecule has 0 unspecified atom stereocenters. The highest BCUT2D eigenvalue weighted by atomic mass is 16.1. The van der Waals surface area contributed by atoms with Crippen LogP contribution >= 0.6 is 0 Å². The first-order chi connectivity index (χ1) is 10.3. The highest BCUT2D eigenvalue weighted by Gasteiger charge is 2.21. The molecule has 4 heteroatoms. The molecule has 0 atom stereocenters. The summed E-state index contributed by atoms with van der Waals surface area (Å²) < 4.78 is 1.87. The molecule has 1 aliphatic carbocycles. The third-order valence-corrected chi connectivity index (χ3v) is 4.10. The van der Waals surface area contributed by atoms with E-state index in [9.17, 15) is 4.79 Å². The van der Waals surface area contributed by atoms with E-state index in [2.05, 4.69) is 10.4 Å². The molecule has 1 saturated carbocycles. The van der Waals surface area contributed by atoms with Crippen LogP contribution in [0, 0.1) is 5.92 Å². The quantitative estimate of drug-likeness (QED) is 0.917. The smallest absolute Gasteiger partial charge is 0.223 e. The second-order valence-corrected chi connectivity index (χ2v) is 5.65. The average Bonchev–Trinajstić information content (AvgIpc) is 3.20. The van der Waals surface area contributed by atoms with Gasteiger partial charge in [0.25, 0.3) is 0 Å². The summed E-state index contributed by atoms with van der Waals surface area (Å²) in [7, 11) is 0. The van der Waals surface area contributed by atoms with E-state index in [0.29, 0.717) is 6.54 Å². The van der Waals surface area contributed by atoms with E-state index in [0.717, 1.165) is 30.5 Å². The lowest BCUT2D eigenvalue weighted by molar-refractivity contribution is -0.124. The first-order valence-electron chi connectivity index (χ1n) is 7.69. The highest BCUT2D eigenvalue weighted by Crippen LogP contribution is 2.24. The van der Waals surface area contributed by atoms with Crippen LogP contribution < -0.4 is 5.32 Å². The largest absolute Gasteiger partial charge is 0.356 e. The third kappa shape index (κ3) is 3.51. The molecule has 0 bridgehead atoms. The zero-order chi connectivity index (χ0) is 14.5. The number of para-hydroxylation sites is 1. The number of amides is 1. The molecule has 1 N–H and O–H groups in total. The van der Waals surface area contributed by atoms with E-state index in [1.54, 1.807) is 0 Å². The summed E-state index contributed by atoms with van der Waals surface area (Å²) in [5.74, 6) is 0.472. The molecule has 3 rings (SSSR count). The Labute approximate surface area is 125 Å². The van der Waals surface area contributed by atoms with Crippen LogP contribution in [0.1, 0.15) is 31.2 Å². The Bertz CT molecular complexity index is 585. The van der Waals surface area contributed by atoms with E-state index < -0.39 is 0 Å². The van der Waals surface area contributed by atoms with Crippen molar-refractivity contribution in [2.75, 3.05) is 6.54 Å². The predicted molar refractivity (Wildman–Crippen MR) is 82.2 cm³/mol. The van der Waals surface area contributed by atoms with Gasteiger partial charge in [0.1, 0.15) is 0 Å². The lowest BCUT2D eigenvalue weighted by Crippen LogP contribution is -2.30. The Morgan fingerprint density at radius 1 is 1.24 bits per heavy atom. The van der Waals surface area contributed by atoms with Gasteiger partial charge in [-0.05, 0) is 37.0 Å². The van der Waals surface area contributed by atoms with Crippen molar-refractivity contribution in [3.05, 3.63) is 48.3 Å². The molecule has 1 aromatic heterocycles. The van der Waals surface area contributed by atoms with Crippen molar-refractivity contribution in [2.45, 2.75) is 32.1 Å². The van der Waals surface area contributed by atoms with E-state index in [1.807, 2.05) is 47.4 Å². The van der Waals surface area contributed by atoms with Gasteiger partial charge < -0.3 is 5.32 Å². The van der Waals surface area contributed by atoms with Crippen molar-refractivity contribution in [3.8, 4) is 5.69 Å². The Morgan fingerprint density at radius 2 is 2.00 bits per heavy atom. The molecule has 110 valence electrons. The van der Waals surface area contributed by atoms with Crippen LogP contribution in [0.15, 0.2) is 42.7 Å².